The Balaban J connectivity index is 2.21. The molecule has 2 fully saturated rings. The Morgan fingerprint density at radius 2 is 1.25 bits per heavy atom. The average Bonchev–Trinajstić information content (AvgIpc) is 2.38. The van der Waals surface area contributed by atoms with Gasteiger partial charge in [0.05, 0.1) is 23.0 Å². The third-order valence-electron chi connectivity index (χ3n) is 6.07. The maximum atomic E-state index is 13.1. The fraction of sp³-hybridized carbons (Fsp3) is 0.941. The van der Waals surface area contributed by atoms with E-state index in [0.29, 0.717) is 24.7 Å². The van der Waals surface area contributed by atoms with Crippen LogP contribution in [0, 0.1) is 22.7 Å². The molecule has 0 aliphatic heterocycles. The van der Waals surface area contributed by atoms with Gasteiger partial charge in [-0.05, 0) is 50.4 Å². The maximum Gasteiger partial charge on any atom is 0.149 e. The molecule has 0 bridgehead atoms. The first-order valence-corrected chi connectivity index (χ1v) is 8.11. The second-order valence-corrected chi connectivity index (χ2v) is 7.95. The molecule has 2 aliphatic rings. The summed E-state index contributed by atoms with van der Waals surface area (Å²) in [6.45, 7) is 8.07. The summed E-state index contributed by atoms with van der Waals surface area (Å²) in [4.78, 5) is 13.1. The van der Waals surface area contributed by atoms with Gasteiger partial charge in [0.1, 0.15) is 5.78 Å². The Morgan fingerprint density at radius 3 is 1.55 bits per heavy atom. The summed E-state index contributed by atoms with van der Waals surface area (Å²) in [5, 5.41) is 20.9. The van der Waals surface area contributed by atoms with Gasteiger partial charge in [0.25, 0.3) is 0 Å². The molecule has 2 N–H and O–H groups in total. The van der Waals surface area contributed by atoms with Gasteiger partial charge < -0.3 is 10.2 Å². The number of aliphatic hydroxyl groups is 2. The van der Waals surface area contributed by atoms with Crippen molar-refractivity contribution in [2.45, 2.75) is 78.4 Å². The molecule has 6 atom stereocenters. The van der Waals surface area contributed by atoms with E-state index in [1.807, 2.05) is 13.8 Å². The van der Waals surface area contributed by atoms with E-state index in [4.69, 9.17) is 0 Å². The van der Waals surface area contributed by atoms with E-state index < -0.39 is 23.0 Å². The summed E-state index contributed by atoms with van der Waals surface area (Å²) in [5.41, 5.74) is -1.36. The van der Waals surface area contributed by atoms with E-state index in [9.17, 15) is 15.0 Å². The molecule has 6 unspecified atom stereocenters. The third-order valence-corrected chi connectivity index (χ3v) is 6.07. The Morgan fingerprint density at radius 1 is 0.900 bits per heavy atom. The van der Waals surface area contributed by atoms with Crippen LogP contribution >= 0.6 is 0 Å². The summed E-state index contributed by atoms with van der Waals surface area (Å²) in [6, 6.07) is 0. The molecule has 116 valence electrons. The molecule has 0 radical (unpaired) electrons. The number of aliphatic hydroxyl groups excluding tert-OH is 2. The quantitative estimate of drug-likeness (QED) is 0.818. The highest BCUT2D eigenvalue weighted by atomic mass is 16.3. The minimum atomic E-state index is -0.678. The van der Waals surface area contributed by atoms with E-state index in [-0.39, 0.29) is 5.78 Å². The largest absolute Gasteiger partial charge is 0.392 e. The molecule has 3 nitrogen and oxygen atoms in total. The zero-order valence-corrected chi connectivity index (χ0v) is 13.4. The van der Waals surface area contributed by atoms with E-state index in [2.05, 4.69) is 13.8 Å². The highest BCUT2D eigenvalue weighted by Crippen LogP contribution is 2.49. The number of ketones is 1. The highest BCUT2D eigenvalue weighted by Gasteiger charge is 2.54. The van der Waals surface area contributed by atoms with Crippen molar-refractivity contribution in [2.24, 2.45) is 22.7 Å². The van der Waals surface area contributed by atoms with Gasteiger partial charge in [0, 0.05) is 0 Å². The molecule has 2 rings (SSSR count). The molecule has 0 aromatic carbocycles. The van der Waals surface area contributed by atoms with E-state index in [1.165, 1.54) is 0 Å². The zero-order chi connectivity index (χ0) is 15.1. The molecule has 0 heterocycles. The van der Waals surface area contributed by atoms with Crippen LogP contribution in [-0.4, -0.2) is 28.2 Å². The van der Waals surface area contributed by atoms with E-state index >= 15 is 0 Å². The van der Waals surface area contributed by atoms with Crippen LogP contribution in [0.15, 0.2) is 0 Å². The minimum Gasteiger partial charge on any atom is -0.392 e. The SMILES string of the molecule is CC1CCC(C)(C(=O)C2(C)CCC(C)CC2O)C(O)C1. The summed E-state index contributed by atoms with van der Waals surface area (Å²) in [7, 11) is 0. The van der Waals surface area contributed by atoms with Gasteiger partial charge in [-0.25, -0.2) is 0 Å². The van der Waals surface area contributed by atoms with Crippen molar-refractivity contribution >= 4 is 5.78 Å². The Labute approximate surface area is 122 Å². The summed E-state index contributed by atoms with van der Waals surface area (Å²) in [5.74, 6) is 1.05. The molecule has 0 amide bonds. The first kappa shape index (κ1) is 16.0. The van der Waals surface area contributed by atoms with Gasteiger partial charge in [0.15, 0.2) is 0 Å². The lowest BCUT2D eigenvalue weighted by atomic mass is 9.57. The fourth-order valence-electron chi connectivity index (χ4n) is 4.13. The number of Topliss-reactive ketones (excluding diaryl/α,β-unsaturated/α-hetero) is 1. The summed E-state index contributed by atoms with van der Waals surface area (Å²) in [6.07, 6.45) is 3.72. The lowest BCUT2D eigenvalue weighted by Crippen LogP contribution is -2.55. The number of hydrogen-bond donors (Lipinski definition) is 2. The molecule has 20 heavy (non-hydrogen) atoms. The number of hydrogen-bond acceptors (Lipinski definition) is 3. The van der Waals surface area contributed by atoms with Gasteiger partial charge in [-0.15, -0.1) is 0 Å². The minimum absolute atomic E-state index is 0.0869. The smallest absolute Gasteiger partial charge is 0.149 e. The number of rotatable bonds is 2. The van der Waals surface area contributed by atoms with Crippen LogP contribution in [0.4, 0.5) is 0 Å². The summed E-state index contributed by atoms with van der Waals surface area (Å²) < 4.78 is 0. The monoisotopic (exact) mass is 282 g/mol. The van der Waals surface area contributed by atoms with Crippen molar-refractivity contribution < 1.29 is 15.0 Å². The van der Waals surface area contributed by atoms with Gasteiger partial charge >= 0.3 is 0 Å². The Kier molecular flexibility index (Phi) is 4.32. The van der Waals surface area contributed by atoms with Crippen molar-refractivity contribution in [3.63, 3.8) is 0 Å². The van der Waals surface area contributed by atoms with E-state index in [1.54, 1.807) is 0 Å². The Hall–Kier alpha value is -0.410. The van der Waals surface area contributed by atoms with Crippen molar-refractivity contribution in [2.75, 3.05) is 0 Å². The lowest BCUT2D eigenvalue weighted by molar-refractivity contribution is -0.159. The summed E-state index contributed by atoms with van der Waals surface area (Å²) >= 11 is 0. The van der Waals surface area contributed by atoms with Crippen LogP contribution in [0.2, 0.25) is 0 Å². The topological polar surface area (TPSA) is 57.5 Å². The molecule has 3 heteroatoms. The van der Waals surface area contributed by atoms with Crippen LogP contribution in [0.1, 0.15) is 66.2 Å². The predicted octanol–water partition coefficient (Wildman–Crippen LogP) is 2.93. The van der Waals surface area contributed by atoms with Gasteiger partial charge in [-0.1, -0.05) is 27.7 Å². The zero-order valence-electron chi connectivity index (χ0n) is 13.4. The van der Waals surface area contributed by atoms with Crippen molar-refractivity contribution in [1.29, 1.82) is 0 Å². The van der Waals surface area contributed by atoms with Gasteiger partial charge in [-0.2, -0.15) is 0 Å². The van der Waals surface area contributed by atoms with E-state index in [0.717, 1.165) is 25.7 Å². The van der Waals surface area contributed by atoms with Crippen LogP contribution in [0.25, 0.3) is 0 Å². The molecular weight excluding hydrogens is 252 g/mol. The lowest BCUT2D eigenvalue weighted by Gasteiger charge is -2.48. The predicted molar refractivity (Wildman–Crippen MR) is 79.3 cm³/mol. The first-order valence-electron chi connectivity index (χ1n) is 8.11. The standard InChI is InChI=1S/C17H30O3/c1-11-5-7-16(3,13(18)9-11)15(20)17(4)8-6-12(2)10-14(17)19/h11-14,18-19H,5-10H2,1-4H3. The molecule has 2 aliphatic carbocycles. The normalized spacial score (nSPS) is 49.9. The third kappa shape index (κ3) is 2.55. The Bertz CT molecular complexity index is 346. The number of carbonyl (C=O) groups excluding carboxylic acids is 1. The van der Waals surface area contributed by atoms with Crippen molar-refractivity contribution in [1.82, 2.24) is 0 Å². The molecule has 0 aromatic heterocycles. The number of carbonyl (C=O) groups is 1. The molecule has 2 saturated carbocycles. The maximum absolute atomic E-state index is 13.1. The molecule has 0 saturated heterocycles. The second kappa shape index (κ2) is 5.42. The van der Waals surface area contributed by atoms with Gasteiger partial charge in [0.2, 0.25) is 0 Å². The van der Waals surface area contributed by atoms with Crippen LogP contribution < -0.4 is 0 Å². The highest BCUT2D eigenvalue weighted by molar-refractivity contribution is 5.91. The van der Waals surface area contributed by atoms with Crippen molar-refractivity contribution in [3.05, 3.63) is 0 Å². The second-order valence-electron chi connectivity index (χ2n) is 7.95. The fourth-order valence-corrected chi connectivity index (χ4v) is 4.13. The van der Waals surface area contributed by atoms with Crippen molar-refractivity contribution in [3.8, 4) is 0 Å². The molecular formula is C17H30O3. The molecule has 0 spiro atoms. The van der Waals surface area contributed by atoms with Gasteiger partial charge in [-0.3, -0.25) is 4.79 Å². The van der Waals surface area contributed by atoms with Crippen LogP contribution in [0.5, 0.6) is 0 Å². The first-order chi connectivity index (χ1) is 9.20. The van der Waals surface area contributed by atoms with Crippen LogP contribution in [0.3, 0.4) is 0 Å². The average molecular weight is 282 g/mol. The van der Waals surface area contributed by atoms with Crippen LogP contribution in [-0.2, 0) is 4.79 Å². The molecule has 0 aromatic rings.